The van der Waals surface area contributed by atoms with Crippen molar-refractivity contribution in [1.82, 2.24) is 0 Å². The lowest BCUT2D eigenvalue weighted by Gasteiger charge is -2.57. The molecule has 0 radical (unpaired) electrons. The number of hydrogen-bond donors (Lipinski definition) is 0. The molecule has 3 aliphatic carbocycles. The summed E-state index contributed by atoms with van der Waals surface area (Å²) < 4.78 is 29.4. The van der Waals surface area contributed by atoms with Gasteiger partial charge in [0.2, 0.25) is 0 Å². The molecule has 5 aromatic carbocycles. The van der Waals surface area contributed by atoms with E-state index < -0.39 is 10.8 Å². The van der Waals surface area contributed by atoms with Gasteiger partial charge in [0.1, 0.15) is 11.6 Å². The van der Waals surface area contributed by atoms with Crippen LogP contribution in [0.2, 0.25) is 0 Å². The van der Waals surface area contributed by atoms with Gasteiger partial charge in [0.25, 0.3) is 0 Å². The first-order chi connectivity index (χ1) is 16.7. The van der Waals surface area contributed by atoms with Crippen LogP contribution in [0.5, 0.6) is 0 Å². The van der Waals surface area contributed by atoms with Gasteiger partial charge in [-0.3, -0.25) is 0 Å². The van der Waals surface area contributed by atoms with Crippen molar-refractivity contribution in [2.75, 3.05) is 0 Å². The summed E-state index contributed by atoms with van der Waals surface area (Å²) in [6.07, 6.45) is 0. The lowest BCUT2D eigenvalue weighted by Crippen LogP contribution is -2.51. The minimum absolute atomic E-state index is 0.258. The lowest BCUT2D eigenvalue weighted by molar-refractivity contribution is 0.546. The first-order valence-corrected chi connectivity index (χ1v) is 11.5. The van der Waals surface area contributed by atoms with Gasteiger partial charge in [0, 0.05) is 0 Å². The predicted octanol–water partition coefficient (Wildman–Crippen LogP) is 7.36. The van der Waals surface area contributed by atoms with E-state index in [1.807, 2.05) is 48.5 Å². The molecule has 162 valence electrons. The molecule has 0 spiro atoms. The van der Waals surface area contributed by atoms with Gasteiger partial charge in [0.05, 0.1) is 10.8 Å². The summed E-state index contributed by atoms with van der Waals surface area (Å²) in [5.41, 5.74) is 7.14. The van der Waals surface area contributed by atoms with Crippen LogP contribution in [0, 0.1) is 11.6 Å². The zero-order chi connectivity index (χ0) is 22.9. The predicted molar refractivity (Wildman–Crippen MR) is 130 cm³/mol. The second-order valence-electron chi connectivity index (χ2n) is 9.16. The van der Waals surface area contributed by atoms with E-state index in [1.165, 1.54) is 12.1 Å². The van der Waals surface area contributed by atoms with Crippen LogP contribution in [0.15, 0.2) is 121 Å². The Kier molecular flexibility index (Phi) is 3.85. The molecule has 8 rings (SSSR count). The van der Waals surface area contributed by atoms with Gasteiger partial charge in [-0.25, -0.2) is 8.78 Å². The van der Waals surface area contributed by atoms with Crippen LogP contribution in [0.25, 0.3) is 0 Å². The fourth-order valence-electron chi connectivity index (χ4n) is 6.66. The van der Waals surface area contributed by atoms with Gasteiger partial charge in [-0.2, -0.15) is 0 Å². The maximum Gasteiger partial charge on any atom is 0.123 e. The molecule has 0 unspecified atom stereocenters. The monoisotopic (exact) mass is 442 g/mol. The fourth-order valence-corrected chi connectivity index (χ4v) is 6.66. The molecule has 0 heterocycles. The molecule has 0 saturated heterocycles. The van der Waals surface area contributed by atoms with Crippen LogP contribution in [0.1, 0.15) is 44.5 Å². The molecule has 0 N–H and O–H groups in total. The average molecular weight is 443 g/mol. The van der Waals surface area contributed by atoms with Gasteiger partial charge < -0.3 is 0 Å². The Morgan fingerprint density at radius 2 is 0.647 bits per heavy atom. The van der Waals surface area contributed by atoms with E-state index in [1.54, 1.807) is 24.3 Å². The van der Waals surface area contributed by atoms with Crippen LogP contribution >= 0.6 is 0 Å². The van der Waals surface area contributed by atoms with E-state index >= 15 is 0 Å². The molecule has 2 heteroatoms. The van der Waals surface area contributed by atoms with E-state index in [4.69, 9.17) is 0 Å². The van der Waals surface area contributed by atoms with Crippen LogP contribution in [0.3, 0.4) is 0 Å². The molecule has 0 aliphatic heterocycles. The zero-order valence-electron chi connectivity index (χ0n) is 18.3. The Bertz CT molecular complexity index is 1360. The second-order valence-corrected chi connectivity index (χ2v) is 9.16. The molecule has 3 aliphatic rings. The van der Waals surface area contributed by atoms with Gasteiger partial charge in [0.15, 0.2) is 0 Å². The minimum atomic E-state index is -0.666. The first-order valence-electron chi connectivity index (χ1n) is 11.5. The molecule has 0 atom stereocenters. The van der Waals surface area contributed by atoms with Crippen molar-refractivity contribution in [3.8, 4) is 0 Å². The molecule has 0 fully saturated rings. The maximum absolute atomic E-state index is 14.7. The van der Waals surface area contributed by atoms with Gasteiger partial charge in [-0.05, 0) is 68.8 Å². The lowest BCUT2D eigenvalue weighted by atomic mass is 9.44. The van der Waals surface area contributed by atoms with Crippen molar-refractivity contribution in [3.05, 3.63) is 177 Å². The standard InChI is InChI=1S/C32H20F2/c33-23-11-7-9-21(19-23)31-25-13-1-2-14-26(25)32(22-10-8-12-24(34)20-22,29-17-5-3-15-27(29)31)30-18-6-4-16-28(30)31/h1-20H. The molecule has 0 amide bonds. The molecule has 0 saturated carbocycles. The number of halogens is 2. The van der Waals surface area contributed by atoms with Gasteiger partial charge >= 0.3 is 0 Å². The number of hydrogen-bond acceptors (Lipinski definition) is 0. The fraction of sp³-hybridized carbons (Fsp3) is 0.0625. The highest BCUT2D eigenvalue weighted by Crippen LogP contribution is 2.65. The van der Waals surface area contributed by atoms with Crippen molar-refractivity contribution in [2.24, 2.45) is 0 Å². The molecule has 5 aromatic rings. The number of rotatable bonds is 2. The smallest absolute Gasteiger partial charge is 0.123 e. The summed E-state index contributed by atoms with van der Waals surface area (Å²) in [7, 11) is 0. The Labute approximate surface area is 197 Å². The summed E-state index contributed by atoms with van der Waals surface area (Å²) in [5.74, 6) is -0.515. The number of benzene rings is 5. The summed E-state index contributed by atoms with van der Waals surface area (Å²) >= 11 is 0. The molecular weight excluding hydrogens is 422 g/mol. The third kappa shape index (κ3) is 2.16. The Balaban J connectivity index is 1.76. The Morgan fingerprint density at radius 1 is 0.353 bits per heavy atom. The second kappa shape index (κ2) is 6.74. The third-order valence-corrected chi connectivity index (χ3v) is 7.72. The van der Waals surface area contributed by atoms with Crippen LogP contribution in [-0.2, 0) is 10.8 Å². The van der Waals surface area contributed by atoms with Crippen molar-refractivity contribution >= 4 is 0 Å². The molecule has 0 aromatic heterocycles. The average Bonchev–Trinajstić information content (AvgIpc) is 2.88. The molecule has 2 bridgehead atoms. The zero-order valence-corrected chi connectivity index (χ0v) is 18.3. The Hall–Kier alpha value is -4.04. The third-order valence-electron chi connectivity index (χ3n) is 7.72. The van der Waals surface area contributed by atoms with Crippen LogP contribution < -0.4 is 0 Å². The van der Waals surface area contributed by atoms with E-state index in [9.17, 15) is 8.78 Å². The van der Waals surface area contributed by atoms with Crippen molar-refractivity contribution in [2.45, 2.75) is 10.8 Å². The quantitative estimate of drug-likeness (QED) is 0.262. The SMILES string of the molecule is Fc1cccc(C23c4ccccc4C(c4cccc(F)c4)(c4ccccc42)c2ccccc23)c1. The summed E-state index contributed by atoms with van der Waals surface area (Å²) in [6, 6.07) is 39.1. The Morgan fingerprint density at radius 3 is 0.912 bits per heavy atom. The van der Waals surface area contributed by atoms with Crippen molar-refractivity contribution in [3.63, 3.8) is 0 Å². The maximum atomic E-state index is 14.7. The highest BCUT2D eigenvalue weighted by Gasteiger charge is 2.59. The van der Waals surface area contributed by atoms with E-state index in [0.717, 1.165) is 44.5 Å². The first kappa shape index (κ1) is 19.4. The topological polar surface area (TPSA) is 0 Å². The normalized spacial score (nSPS) is 21.5. The minimum Gasteiger partial charge on any atom is -0.207 e. The summed E-state index contributed by atoms with van der Waals surface area (Å²) in [4.78, 5) is 0. The van der Waals surface area contributed by atoms with E-state index in [-0.39, 0.29) is 11.6 Å². The highest BCUT2D eigenvalue weighted by molar-refractivity contribution is 5.82. The van der Waals surface area contributed by atoms with E-state index in [0.29, 0.717) is 0 Å². The summed E-state index contributed by atoms with van der Waals surface area (Å²) in [6.45, 7) is 0. The molecular formula is C32H20F2. The van der Waals surface area contributed by atoms with Crippen molar-refractivity contribution in [1.29, 1.82) is 0 Å². The van der Waals surface area contributed by atoms with Crippen molar-refractivity contribution < 1.29 is 8.78 Å². The largest absolute Gasteiger partial charge is 0.207 e. The van der Waals surface area contributed by atoms with Crippen LogP contribution in [-0.4, -0.2) is 0 Å². The van der Waals surface area contributed by atoms with Gasteiger partial charge in [-0.15, -0.1) is 0 Å². The van der Waals surface area contributed by atoms with Gasteiger partial charge in [-0.1, -0.05) is 97.1 Å². The molecule has 0 nitrogen and oxygen atoms in total. The summed E-state index contributed by atoms with van der Waals surface area (Å²) in [5, 5.41) is 0. The highest BCUT2D eigenvalue weighted by atomic mass is 19.1. The van der Waals surface area contributed by atoms with Crippen LogP contribution in [0.4, 0.5) is 8.78 Å². The molecule has 34 heavy (non-hydrogen) atoms. The van der Waals surface area contributed by atoms with E-state index in [2.05, 4.69) is 36.4 Å².